The molecule has 1 aliphatic rings. The second-order valence-electron chi connectivity index (χ2n) is 4.84. The number of benzene rings is 1. The molecule has 1 aliphatic heterocycles. The molecule has 0 unspecified atom stereocenters. The number of hydrogen-bond donors (Lipinski definition) is 1. The number of hydrogen-bond acceptors (Lipinski definition) is 4. The van der Waals surface area contributed by atoms with E-state index in [0.29, 0.717) is 30.6 Å². The highest BCUT2D eigenvalue weighted by Gasteiger charge is 2.30. The van der Waals surface area contributed by atoms with Gasteiger partial charge in [-0.2, -0.15) is 9.57 Å². The Kier molecular flexibility index (Phi) is 4.66. The second kappa shape index (κ2) is 6.10. The summed E-state index contributed by atoms with van der Waals surface area (Å²) in [5, 5.41) is 9.36. The van der Waals surface area contributed by atoms with Crippen molar-refractivity contribution < 1.29 is 8.42 Å². The van der Waals surface area contributed by atoms with Gasteiger partial charge in [0.15, 0.2) is 0 Å². The summed E-state index contributed by atoms with van der Waals surface area (Å²) in [6.45, 7) is 1.44. The molecule has 7 heteroatoms. The predicted molar refractivity (Wildman–Crippen MR) is 76.7 cm³/mol. The van der Waals surface area contributed by atoms with E-state index < -0.39 is 10.0 Å². The number of nitrogens with zero attached hydrogens (tertiary/aromatic N) is 2. The van der Waals surface area contributed by atoms with Crippen molar-refractivity contribution in [2.45, 2.75) is 17.7 Å². The number of halogens is 1. The first-order chi connectivity index (χ1) is 9.48. The van der Waals surface area contributed by atoms with Gasteiger partial charge in [0.25, 0.3) is 0 Å². The Balaban J connectivity index is 2.32. The number of nitriles is 1. The smallest absolute Gasteiger partial charge is 0.244 e. The third-order valence-corrected chi connectivity index (χ3v) is 5.76. The maximum atomic E-state index is 12.6. The third-order valence-electron chi connectivity index (χ3n) is 3.59. The van der Waals surface area contributed by atoms with Crippen LogP contribution >= 0.6 is 11.6 Å². The summed E-state index contributed by atoms with van der Waals surface area (Å²) < 4.78 is 26.6. The lowest BCUT2D eigenvalue weighted by atomic mass is 9.99. The fraction of sp³-hybridized carbons (Fsp3) is 0.462. The molecule has 0 spiro atoms. The highest BCUT2D eigenvalue weighted by Crippen LogP contribution is 2.27. The Morgan fingerprint density at radius 3 is 2.60 bits per heavy atom. The van der Waals surface area contributed by atoms with Crippen LogP contribution in [0.2, 0.25) is 5.02 Å². The number of nitrogens with two attached hydrogens (primary N) is 1. The SMILES string of the molecule is N#Cc1ccc(Cl)cc1S(=O)(=O)N1CCC(CN)CC1. The zero-order valence-corrected chi connectivity index (χ0v) is 12.5. The summed E-state index contributed by atoms with van der Waals surface area (Å²) >= 11 is 5.86. The van der Waals surface area contributed by atoms with E-state index >= 15 is 0 Å². The summed E-state index contributed by atoms with van der Waals surface area (Å²) in [4.78, 5) is -0.0151. The van der Waals surface area contributed by atoms with Crippen LogP contribution in [-0.2, 0) is 10.0 Å². The topological polar surface area (TPSA) is 87.2 Å². The first-order valence-corrected chi connectivity index (χ1v) is 8.20. The summed E-state index contributed by atoms with van der Waals surface area (Å²) in [5.41, 5.74) is 5.73. The van der Waals surface area contributed by atoms with E-state index in [1.54, 1.807) is 0 Å². The zero-order chi connectivity index (χ0) is 14.8. The maximum absolute atomic E-state index is 12.6. The van der Waals surface area contributed by atoms with Crippen molar-refractivity contribution in [3.63, 3.8) is 0 Å². The lowest BCUT2D eigenvalue weighted by molar-refractivity contribution is 0.278. The molecule has 0 saturated carbocycles. The first kappa shape index (κ1) is 15.3. The molecule has 0 aliphatic carbocycles. The highest BCUT2D eigenvalue weighted by atomic mass is 35.5. The van der Waals surface area contributed by atoms with Crippen molar-refractivity contribution in [2.24, 2.45) is 11.7 Å². The van der Waals surface area contributed by atoms with Gasteiger partial charge in [-0.3, -0.25) is 0 Å². The van der Waals surface area contributed by atoms with E-state index in [1.807, 2.05) is 6.07 Å². The molecule has 0 aromatic heterocycles. The minimum absolute atomic E-state index is 0.0151. The van der Waals surface area contributed by atoms with E-state index in [0.717, 1.165) is 12.8 Å². The predicted octanol–water partition coefficient (Wildman–Crippen LogP) is 1.57. The van der Waals surface area contributed by atoms with Crippen molar-refractivity contribution in [2.75, 3.05) is 19.6 Å². The summed E-state index contributed by atoms with van der Waals surface area (Å²) in [6, 6.07) is 6.19. The molecule has 0 atom stereocenters. The standard InChI is InChI=1S/C13H16ClN3O2S/c14-12-2-1-11(9-16)13(7-12)20(18,19)17-5-3-10(8-15)4-6-17/h1-2,7,10H,3-6,8,15H2. The van der Waals surface area contributed by atoms with E-state index in [1.165, 1.54) is 22.5 Å². The Morgan fingerprint density at radius 2 is 2.05 bits per heavy atom. The van der Waals surface area contributed by atoms with Crippen LogP contribution in [0.15, 0.2) is 23.1 Å². The van der Waals surface area contributed by atoms with Crippen LogP contribution in [0.1, 0.15) is 18.4 Å². The van der Waals surface area contributed by atoms with Gasteiger partial charge in [-0.1, -0.05) is 11.6 Å². The number of sulfonamides is 1. The molecule has 0 radical (unpaired) electrons. The Bertz CT molecular complexity index is 632. The quantitative estimate of drug-likeness (QED) is 0.917. The van der Waals surface area contributed by atoms with Crippen LogP contribution in [0, 0.1) is 17.2 Å². The Labute approximate surface area is 124 Å². The molecule has 1 aromatic carbocycles. The number of piperidine rings is 1. The van der Waals surface area contributed by atoms with Gasteiger partial charge in [0, 0.05) is 18.1 Å². The average molecular weight is 314 g/mol. The molecule has 0 bridgehead atoms. The molecule has 5 nitrogen and oxygen atoms in total. The molecular formula is C13H16ClN3O2S. The van der Waals surface area contributed by atoms with Gasteiger partial charge in [-0.05, 0) is 43.5 Å². The Morgan fingerprint density at radius 1 is 1.40 bits per heavy atom. The van der Waals surface area contributed by atoms with Gasteiger partial charge in [0.05, 0.1) is 5.56 Å². The normalized spacial score (nSPS) is 17.9. The molecule has 0 amide bonds. The van der Waals surface area contributed by atoms with Crippen LogP contribution < -0.4 is 5.73 Å². The van der Waals surface area contributed by atoms with E-state index in [2.05, 4.69) is 0 Å². The van der Waals surface area contributed by atoms with E-state index in [-0.39, 0.29) is 10.5 Å². The van der Waals surface area contributed by atoms with Gasteiger partial charge >= 0.3 is 0 Å². The van der Waals surface area contributed by atoms with Crippen molar-refractivity contribution >= 4 is 21.6 Å². The van der Waals surface area contributed by atoms with Crippen LogP contribution in [0.3, 0.4) is 0 Å². The lowest BCUT2D eigenvalue weighted by Crippen LogP contribution is -2.40. The lowest BCUT2D eigenvalue weighted by Gasteiger charge is -2.30. The molecule has 2 N–H and O–H groups in total. The summed E-state index contributed by atoms with van der Waals surface area (Å²) in [7, 11) is -3.67. The van der Waals surface area contributed by atoms with E-state index in [9.17, 15) is 8.42 Å². The average Bonchev–Trinajstić information content (AvgIpc) is 2.47. The van der Waals surface area contributed by atoms with Crippen LogP contribution in [0.4, 0.5) is 0 Å². The maximum Gasteiger partial charge on any atom is 0.244 e. The Hall–Kier alpha value is -1.13. The zero-order valence-electron chi connectivity index (χ0n) is 10.9. The van der Waals surface area contributed by atoms with Crippen LogP contribution in [-0.4, -0.2) is 32.4 Å². The molecule has 1 saturated heterocycles. The van der Waals surface area contributed by atoms with Crippen molar-refractivity contribution in [1.29, 1.82) is 5.26 Å². The van der Waals surface area contributed by atoms with Gasteiger partial charge < -0.3 is 5.73 Å². The third kappa shape index (κ3) is 2.96. The van der Waals surface area contributed by atoms with Crippen LogP contribution in [0.5, 0.6) is 0 Å². The van der Waals surface area contributed by atoms with Crippen molar-refractivity contribution in [3.8, 4) is 6.07 Å². The van der Waals surface area contributed by atoms with Gasteiger partial charge in [0.1, 0.15) is 11.0 Å². The number of rotatable bonds is 3. The molecule has 108 valence electrons. The second-order valence-corrected chi connectivity index (χ2v) is 7.18. The largest absolute Gasteiger partial charge is 0.330 e. The molecule has 2 rings (SSSR count). The molecule has 1 aromatic rings. The van der Waals surface area contributed by atoms with Crippen molar-refractivity contribution in [1.82, 2.24) is 4.31 Å². The minimum Gasteiger partial charge on any atom is -0.330 e. The first-order valence-electron chi connectivity index (χ1n) is 6.39. The molecule has 20 heavy (non-hydrogen) atoms. The highest BCUT2D eigenvalue weighted by molar-refractivity contribution is 7.89. The molecule has 1 heterocycles. The fourth-order valence-electron chi connectivity index (χ4n) is 2.33. The summed E-state index contributed by atoms with van der Waals surface area (Å²) in [6.07, 6.45) is 1.50. The minimum atomic E-state index is -3.67. The van der Waals surface area contributed by atoms with Gasteiger partial charge in [0.2, 0.25) is 10.0 Å². The van der Waals surface area contributed by atoms with Crippen LogP contribution in [0.25, 0.3) is 0 Å². The molecular weight excluding hydrogens is 298 g/mol. The monoisotopic (exact) mass is 313 g/mol. The summed E-state index contributed by atoms with van der Waals surface area (Å²) in [5.74, 6) is 0.372. The van der Waals surface area contributed by atoms with Crippen molar-refractivity contribution in [3.05, 3.63) is 28.8 Å². The van der Waals surface area contributed by atoms with Gasteiger partial charge in [-0.15, -0.1) is 0 Å². The fourth-order valence-corrected chi connectivity index (χ4v) is 4.20. The molecule has 1 fully saturated rings. The van der Waals surface area contributed by atoms with Gasteiger partial charge in [-0.25, -0.2) is 8.42 Å². The van der Waals surface area contributed by atoms with E-state index in [4.69, 9.17) is 22.6 Å².